The van der Waals surface area contributed by atoms with Crippen molar-refractivity contribution in [1.29, 1.82) is 0 Å². The quantitative estimate of drug-likeness (QED) is 0.867. The van der Waals surface area contributed by atoms with E-state index in [1.807, 2.05) is 10.7 Å². The molecule has 1 aromatic rings. The largest absolute Gasteiger partial charge is 0.316 e. The summed E-state index contributed by atoms with van der Waals surface area (Å²) in [6.45, 7) is 14.5. The second-order valence-corrected chi connectivity index (χ2v) is 8.28. The Hall–Kier alpha value is -1.07. The van der Waals surface area contributed by atoms with Gasteiger partial charge in [0.05, 0.1) is 17.2 Å². The van der Waals surface area contributed by atoms with Crippen molar-refractivity contribution in [1.82, 2.24) is 15.1 Å². The lowest BCUT2D eigenvalue weighted by Crippen LogP contribution is -2.38. The van der Waals surface area contributed by atoms with Crippen LogP contribution >= 0.6 is 12.4 Å². The van der Waals surface area contributed by atoms with Crippen LogP contribution in [0.4, 0.5) is 5.82 Å². The van der Waals surface area contributed by atoms with Crippen LogP contribution in [-0.2, 0) is 15.7 Å². The molecule has 0 aromatic carbocycles. The molecule has 23 heavy (non-hydrogen) atoms. The first-order chi connectivity index (χ1) is 10.1. The van der Waals surface area contributed by atoms with E-state index in [9.17, 15) is 4.79 Å². The standard InChI is InChI=1S/C17H30N4O.ClH/c1-16(2,3)13-10-14(21(20-13)17(4,5)6)19-15(22)12-8-7-9-18-11-12;/h10,12,18H,7-9,11H2,1-6H3,(H,19,22);1H. The zero-order valence-corrected chi connectivity index (χ0v) is 16.0. The summed E-state index contributed by atoms with van der Waals surface area (Å²) >= 11 is 0. The number of nitrogens with zero attached hydrogens (tertiary/aromatic N) is 2. The van der Waals surface area contributed by atoms with Gasteiger partial charge in [-0.2, -0.15) is 5.10 Å². The lowest BCUT2D eigenvalue weighted by Gasteiger charge is -2.25. The third-order valence-electron chi connectivity index (χ3n) is 4.03. The number of piperidine rings is 1. The highest BCUT2D eigenvalue weighted by atomic mass is 35.5. The zero-order valence-electron chi connectivity index (χ0n) is 15.2. The molecule has 1 amide bonds. The first-order valence-electron chi connectivity index (χ1n) is 8.21. The molecule has 132 valence electrons. The van der Waals surface area contributed by atoms with Gasteiger partial charge in [0.1, 0.15) is 5.82 Å². The van der Waals surface area contributed by atoms with E-state index in [0.717, 1.165) is 37.4 Å². The lowest BCUT2D eigenvalue weighted by molar-refractivity contribution is -0.120. The van der Waals surface area contributed by atoms with Crippen molar-refractivity contribution >= 4 is 24.1 Å². The van der Waals surface area contributed by atoms with E-state index in [0.29, 0.717) is 0 Å². The van der Waals surface area contributed by atoms with Crippen LogP contribution in [0.5, 0.6) is 0 Å². The van der Waals surface area contributed by atoms with E-state index in [-0.39, 0.29) is 35.2 Å². The normalized spacial score (nSPS) is 19.1. The molecule has 1 unspecified atom stereocenters. The average molecular weight is 343 g/mol. The number of aromatic nitrogens is 2. The van der Waals surface area contributed by atoms with Crippen LogP contribution in [0, 0.1) is 5.92 Å². The van der Waals surface area contributed by atoms with Crippen molar-refractivity contribution in [2.45, 2.75) is 65.3 Å². The van der Waals surface area contributed by atoms with Crippen molar-refractivity contribution < 1.29 is 4.79 Å². The maximum absolute atomic E-state index is 12.5. The molecule has 0 spiro atoms. The van der Waals surface area contributed by atoms with E-state index in [2.05, 4.69) is 52.2 Å². The predicted molar refractivity (Wildman–Crippen MR) is 97.4 cm³/mol. The predicted octanol–water partition coefficient (Wildman–Crippen LogP) is 3.30. The van der Waals surface area contributed by atoms with Crippen molar-refractivity contribution in [3.05, 3.63) is 11.8 Å². The van der Waals surface area contributed by atoms with Crippen LogP contribution < -0.4 is 10.6 Å². The number of hydrogen-bond donors (Lipinski definition) is 2. The van der Waals surface area contributed by atoms with Crippen LogP contribution in [0.15, 0.2) is 6.07 Å². The summed E-state index contributed by atoms with van der Waals surface area (Å²) in [5, 5.41) is 11.1. The van der Waals surface area contributed by atoms with Gasteiger partial charge in [-0.3, -0.25) is 4.79 Å². The number of carbonyl (C=O) groups is 1. The van der Waals surface area contributed by atoms with Crippen LogP contribution in [-0.4, -0.2) is 28.8 Å². The molecule has 1 aromatic heterocycles. The molecule has 1 aliphatic heterocycles. The van der Waals surface area contributed by atoms with Gasteiger partial charge in [0.15, 0.2) is 0 Å². The summed E-state index contributed by atoms with van der Waals surface area (Å²) in [6.07, 6.45) is 2.01. The number of amides is 1. The van der Waals surface area contributed by atoms with Crippen molar-refractivity contribution in [2.24, 2.45) is 5.92 Å². The maximum atomic E-state index is 12.5. The molecule has 0 radical (unpaired) electrons. The summed E-state index contributed by atoms with van der Waals surface area (Å²) in [7, 11) is 0. The average Bonchev–Trinajstić information content (AvgIpc) is 2.83. The molecule has 1 atom stereocenters. The number of halogens is 1. The molecule has 0 saturated carbocycles. The van der Waals surface area contributed by atoms with Crippen molar-refractivity contribution in [3.63, 3.8) is 0 Å². The van der Waals surface area contributed by atoms with Gasteiger partial charge in [-0.05, 0) is 40.2 Å². The fourth-order valence-electron chi connectivity index (χ4n) is 2.65. The van der Waals surface area contributed by atoms with Crippen molar-refractivity contribution in [2.75, 3.05) is 18.4 Å². The number of carbonyl (C=O) groups excluding carboxylic acids is 1. The Balaban J connectivity index is 0.00000264. The minimum Gasteiger partial charge on any atom is -0.316 e. The molecule has 2 rings (SSSR count). The van der Waals surface area contributed by atoms with Crippen LogP contribution in [0.25, 0.3) is 0 Å². The minimum atomic E-state index is -0.170. The molecule has 0 bridgehead atoms. The maximum Gasteiger partial charge on any atom is 0.229 e. The Labute approximate surface area is 146 Å². The third-order valence-corrected chi connectivity index (χ3v) is 4.03. The molecule has 0 aliphatic carbocycles. The molecule has 2 N–H and O–H groups in total. The molecule has 6 heteroatoms. The number of anilines is 1. The molecule has 2 heterocycles. The second kappa shape index (κ2) is 7.22. The zero-order chi connectivity index (χ0) is 16.5. The van der Waals surface area contributed by atoms with Crippen molar-refractivity contribution in [3.8, 4) is 0 Å². The van der Waals surface area contributed by atoms with E-state index >= 15 is 0 Å². The Morgan fingerprint density at radius 3 is 2.43 bits per heavy atom. The topological polar surface area (TPSA) is 59.0 Å². The van der Waals surface area contributed by atoms with E-state index in [4.69, 9.17) is 5.10 Å². The van der Waals surface area contributed by atoms with Gasteiger partial charge >= 0.3 is 0 Å². The first kappa shape index (κ1) is 20.0. The van der Waals surface area contributed by atoms with Crippen LogP contribution in [0.1, 0.15) is 60.1 Å². The van der Waals surface area contributed by atoms with Gasteiger partial charge < -0.3 is 10.6 Å². The van der Waals surface area contributed by atoms with E-state index in [1.54, 1.807) is 0 Å². The van der Waals surface area contributed by atoms with Crippen LogP contribution in [0.2, 0.25) is 0 Å². The summed E-state index contributed by atoms with van der Waals surface area (Å²) in [5.41, 5.74) is 0.791. The molecule has 1 fully saturated rings. The van der Waals surface area contributed by atoms with Gasteiger partial charge in [0, 0.05) is 18.0 Å². The molecule has 5 nitrogen and oxygen atoms in total. The number of rotatable bonds is 2. The monoisotopic (exact) mass is 342 g/mol. The fourth-order valence-corrected chi connectivity index (χ4v) is 2.65. The van der Waals surface area contributed by atoms with Gasteiger partial charge in [-0.1, -0.05) is 20.8 Å². The Kier molecular flexibility index (Phi) is 6.27. The molecule has 1 saturated heterocycles. The highest BCUT2D eigenvalue weighted by Crippen LogP contribution is 2.28. The SMILES string of the molecule is CC(C)(C)c1cc(NC(=O)C2CCCNC2)n(C(C)(C)C)n1.Cl. The summed E-state index contributed by atoms with van der Waals surface area (Å²) < 4.78 is 1.93. The summed E-state index contributed by atoms with van der Waals surface area (Å²) in [4.78, 5) is 12.5. The minimum absolute atomic E-state index is 0. The highest BCUT2D eigenvalue weighted by molar-refractivity contribution is 5.92. The lowest BCUT2D eigenvalue weighted by atomic mass is 9.92. The van der Waals surface area contributed by atoms with Gasteiger partial charge in [-0.15, -0.1) is 12.4 Å². The van der Waals surface area contributed by atoms with Gasteiger partial charge in [0.2, 0.25) is 5.91 Å². The highest BCUT2D eigenvalue weighted by Gasteiger charge is 2.27. The fraction of sp³-hybridized carbons (Fsp3) is 0.765. The Morgan fingerprint density at radius 1 is 1.30 bits per heavy atom. The summed E-state index contributed by atoms with van der Waals surface area (Å²) in [5.74, 6) is 0.946. The Morgan fingerprint density at radius 2 is 1.96 bits per heavy atom. The third kappa shape index (κ3) is 4.95. The first-order valence-corrected chi connectivity index (χ1v) is 8.21. The molecule has 1 aliphatic rings. The van der Waals surface area contributed by atoms with Gasteiger partial charge in [0.25, 0.3) is 0 Å². The Bertz CT molecular complexity index is 534. The molecular formula is C17H31ClN4O. The van der Waals surface area contributed by atoms with Gasteiger partial charge in [-0.25, -0.2) is 4.68 Å². The number of nitrogens with one attached hydrogen (secondary N) is 2. The van der Waals surface area contributed by atoms with Crippen LogP contribution in [0.3, 0.4) is 0 Å². The summed E-state index contributed by atoms with van der Waals surface area (Å²) in [6, 6.07) is 2.01. The van der Waals surface area contributed by atoms with E-state index < -0.39 is 0 Å². The van der Waals surface area contributed by atoms with E-state index in [1.165, 1.54) is 0 Å². The molecular weight excluding hydrogens is 312 g/mol. The number of hydrogen-bond acceptors (Lipinski definition) is 3. The second-order valence-electron chi connectivity index (χ2n) is 8.28. The smallest absolute Gasteiger partial charge is 0.229 e.